The van der Waals surface area contributed by atoms with Crippen LogP contribution in [0.3, 0.4) is 0 Å². The van der Waals surface area contributed by atoms with E-state index in [1.165, 1.54) is 7.11 Å². The van der Waals surface area contributed by atoms with Crippen LogP contribution < -0.4 is 10.5 Å². The Hall–Kier alpha value is -2.08. The molecule has 1 saturated heterocycles. The summed E-state index contributed by atoms with van der Waals surface area (Å²) in [5, 5.41) is 0. The Morgan fingerprint density at radius 3 is 2.20 bits per heavy atom. The van der Waals surface area contributed by atoms with Gasteiger partial charge in [0.05, 0.1) is 18.7 Å². The third kappa shape index (κ3) is 4.95. The molecule has 138 valence electrons. The van der Waals surface area contributed by atoms with Gasteiger partial charge in [-0.15, -0.1) is 0 Å². The summed E-state index contributed by atoms with van der Waals surface area (Å²) < 4.78 is 10.6. The van der Waals surface area contributed by atoms with E-state index in [1.807, 2.05) is 25.7 Å². The molecular formula is C19H28N2O4. The highest BCUT2D eigenvalue weighted by Gasteiger charge is 2.33. The molecule has 0 aromatic heterocycles. The van der Waals surface area contributed by atoms with Crippen LogP contribution in [0, 0.1) is 5.41 Å². The lowest BCUT2D eigenvalue weighted by Gasteiger charge is -2.36. The fourth-order valence-electron chi connectivity index (χ4n) is 2.74. The predicted molar refractivity (Wildman–Crippen MR) is 95.4 cm³/mol. The molecule has 0 aliphatic carbocycles. The van der Waals surface area contributed by atoms with Gasteiger partial charge >= 0.3 is 5.97 Å². The van der Waals surface area contributed by atoms with Crippen molar-refractivity contribution in [1.29, 1.82) is 0 Å². The van der Waals surface area contributed by atoms with Gasteiger partial charge in [0.1, 0.15) is 11.9 Å². The first-order valence-corrected chi connectivity index (χ1v) is 8.62. The highest BCUT2D eigenvalue weighted by molar-refractivity contribution is 5.89. The Kier molecular flexibility index (Phi) is 6.06. The summed E-state index contributed by atoms with van der Waals surface area (Å²) in [7, 11) is 1.35. The molecule has 1 aromatic carbocycles. The first-order valence-electron chi connectivity index (χ1n) is 8.62. The van der Waals surface area contributed by atoms with Crippen molar-refractivity contribution in [2.45, 2.75) is 45.8 Å². The standard InChI is InChI=1S/C19H28N2O4/c1-19(2,3)16(20)17(22)21-11-9-15(10-12-21)25-14-7-5-13(6-8-14)18(23)24-4/h5-8,15-16H,9-12,20H2,1-4H3/t16-/m1/s1. The normalized spacial score (nSPS) is 17.1. The quantitative estimate of drug-likeness (QED) is 0.844. The van der Waals surface area contributed by atoms with Gasteiger partial charge in [-0.25, -0.2) is 4.79 Å². The van der Waals surface area contributed by atoms with E-state index in [9.17, 15) is 9.59 Å². The molecule has 0 unspecified atom stereocenters. The number of methoxy groups -OCH3 is 1. The van der Waals surface area contributed by atoms with E-state index in [1.54, 1.807) is 24.3 Å². The van der Waals surface area contributed by atoms with Crippen molar-refractivity contribution in [2.24, 2.45) is 11.1 Å². The van der Waals surface area contributed by atoms with Crippen molar-refractivity contribution in [3.63, 3.8) is 0 Å². The molecule has 1 heterocycles. The minimum atomic E-state index is -0.490. The van der Waals surface area contributed by atoms with Gasteiger partial charge in [-0.3, -0.25) is 4.79 Å². The number of piperidine rings is 1. The highest BCUT2D eigenvalue weighted by atomic mass is 16.5. The van der Waals surface area contributed by atoms with Crippen molar-refractivity contribution in [1.82, 2.24) is 4.90 Å². The number of esters is 1. The molecule has 1 fully saturated rings. The lowest BCUT2D eigenvalue weighted by atomic mass is 9.86. The van der Waals surface area contributed by atoms with E-state index < -0.39 is 6.04 Å². The molecule has 1 amide bonds. The Balaban J connectivity index is 1.86. The van der Waals surface area contributed by atoms with E-state index in [4.69, 9.17) is 10.5 Å². The number of carbonyl (C=O) groups is 2. The minimum Gasteiger partial charge on any atom is -0.490 e. The number of rotatable bonds is 4. The third-order valence-corrected chi connectivity index (χ3v) is 4.53. The fraction of sp³-hybridized carbons (Fsp3) is 0.579. The molecule has 1 atom stereocenters. The van der Waals surface area contributed by atoms with Crippen LogP contribution in [-0.2, 0) is 9.53 Å². The van der Waals surface area contributed by atoms with Crippen LogP contribution in [0.15, 0.2) is 24.3 Å². The second kappa shape index (κ2) is 7.87. The van der Waals surface area contributed by atoms with Gasteiger partial charge in [0.25, 0.3) is 0 Å². The minimum absolute atomic E-state index is 0.00776. The van der Waals surface area contributed by atoms with Crippen LogP contribution in [0.25, 0.3) is 0 Å². The largest absolute Gasteiger partial charge is 0.490 e. The maximum absolute atomic E-state index is 12.5. The molecule has 6 heteroatoms. The van der Waals surface area contributed by atoms with Gasteiger partial charge in [-0.05, 0) is 29.7 Å². The van der Waals surface area contributed by atoms with E-state index in [2.05, 4.69) is 4.74 Å². The Morgan fingerprint density at radius 2 is 1.72 bits per heavy atom. The molecule has 2 N–H and O–H groups in total. The number of ether oxygens (including phenoxy) is 2. The van der Waals surface area contributed by atoms with Crippen molar-refractivity contribution in [3.05, 3.63) is 29.8 Å². The number of nitrogens with two attached hydrogens (primary N) is 1. The zero-order chi connectivity index (χ0) is 18.6. The summed E-state index contributed by atoms with van der Waals surface area (Å²) in [5.41, 5.74) is 6.32. The fourth-order valence-corrected chi connectivity index (χ4v) is 2.74. The molecule has 1 aliphatic heterocycles. The van der Waals surface area contributed by atoms with Gasteiger partial charge in [0.15, 0.2) is 0 Å². The average Bonchev–Trinajstić information content (AvgIpc) is 2.60. The summed E-state index contributed by atoms with van der Waals surface area (Å²) in [6, 6.07) is 6.40. The lowest BCUT2D eigenvalue weighted by Crippen LogP contribution is -2.53. The van der Waals surface area contributed by atoms with Crippen LogP contribution >= 0.6 is 0 Å². The summed E-state index contributed by atoms with van der Waals surface area (Å²) in [6.07, 6.45) is 1.58. The summed E-state index contributed by atoms with van der Waals surface area (Å²) in [5.74, 6) is 0.353. The van der Waals surface area contributed by atoms with E-state index in [0.717, 1.165) is 12.8 Å². The number of amides is 1. The number of hydrogen-bond donors (Lipinski definition) is 1. The zero-order valence-electron chi connectivity index (χ0n) is 15.5. The first kappa shape index (κ1) is 19.2. The number of likely N-dealkylation sites (tertiary alicyclic amines) is 1. The smallest absolute Gasteiger partial charge is 0.337 e. The summed E-state index contributed by atoms with van der Waals surface area (Å²) >= 11 is 0. The second-order valence-electron chi connectivity index (χ2n) is 7.50. The van der Waals surface area contributed by atoms with Crippen molar-refractivity contribution < 1.29 is 19.1 Å². The molecule has 0 saturated carbocycles. The van der Waals surface area contributed by atoms with Gasteiger partial charge in [0.2, 0.25) is 5.91 Å². The molecular weight excluding hydrogens is 320 g/mol. The molecule has 1 aliphatic rings. The maximum atomic E-state index is 12.5. The van der Waals surface area contributed by atoms with E-state index in [-0.39, 0.29) is 23.4 Å². The molecule has 1 aromatic rings. The van der Waals surface area contributed by atoms with Crippen molar-refractivity contribution in [3.8, 4) is 5.75 Å². The van der Waals surface area contributed by atoms with Crippen LogP contribution in [0.4, 0.5) is 0 Å². The molecule has 6 nitrogen and oxygen atoms in total. The van der Waals surface area contributed by atoms with Crippen LogP contribution in [-0.4, -0.2) is 49.1 Å². The molecule has 0 bridgehead atoms. The number of benzene rings is 1. The SMILES string of the molecule is COC(=O)c1ccc(OC2CCN(C(=O)[C@@H](N)C(C)(C)C)CC2)cc1. The van der Waals surface area contributed by atoms with Gasteiger partial charge in [0, 0.05) is 25.9 Å². The first-order chi connectivity index (χ1) is 11.7. The topological polar surface area (TPSA) is 81.9 Å². The van der Waals surface area contributed by atoms with E-state index >= 15 is 0 Å². The van der Waals surface area contributed by atoms with Gasteiger partial charge in [-0.1, -0.05) is 20.8 Å². The number of nitrogens with zero attached hydrogens (tertiary/aromatic N) is 1. The Morgan fingerprint density at radius 1 is 1.16 bits per heavy atom. The van der Waals surface area contributed by atoms with Crippen LogP contribution in [0.1, 0.15) is 44.0 Å². The van der Waals surface area contributed by atoms with E-state index in [0.29, 0.717) is 24.4 Å². The molecule has 2 rings (SSSR count). The number of hydrogen-bond acceptors (Lipinski definition) is 5. The lowest BCUT2D eigenvalue weighted by molar-refractivity contribution is -0.136. The second-order valence-corrected chi connectivity index (χ2v) is 7.50. The summed E-state index contributed by atoms with van der Waals surface area (Å²) in [6.45, 7) is 7.22. The Bertz CT molecular complexity index is 599. The average molecular weight is 348 g/mol. The highest BCUT2D eigenvalue weighted by Crippen LogP contribution is 2.23. The number of carbonyl (C=O) groups excluding carboxylic acids is 2. The molecule has 25 heavy (non-hydrogen) atoms. The predicted octanol–water partition coefficient (Wildman–Crippen LogP) is 2.22. The third-order valence-electron chi connectivity index (χ3n) is 4.53. The van der Waals surface area contributed by atoms with Gasteiger partial charge < -0.3 is 20.1 Å². The molecule has 0 spiro atoms. The zero-order valence-corrected chi connectivity index (χ0v) is 15.5. The molecule has 0 radical (unpaired) electrons. The van der Waals surface area contributed by atoms with Gasteiger partial charge in [-0.2, -0.15) is 0 Å². The Labute approximate surface area is 149 Å². The van der Waals surface area contributed by atoms with Crippen LogP contribution in [0.2, 0.25) is 0 Å². The monoisotopic (exact) mass is 348 g/mol. The maximum Gasteiger partial charge on any atom is 0.337 e. The summed E-state index contributed by atoms with van der Waals surface area (Å²) in [4.78, 5) is 25.7. The van der Waals surface area contributed by atoms with Crippen molar-refractivity contribution >= 4 is 11.9 Å². The van der Waals surface area contributed by atoms with Crippen LogP contribution in [0.5, 0.6) is 5.75 Å². The van der Waals surface area contributed by atoms with Crippen molar-refractivity contribution in [2.75, 3.05) is 20.2 Å².